The van der Waals surface area contributed by atoms with Gasteiger partial charge in [0.1, 0.15) is 5.82 Å². The van der Waals surface area contributed by atoms with Gasteiger partial charge in [-0.15, -0.1) is 5.10 Å². The van der Waals surface area contributed by atoms with Crippen molar-refractivity contribution in [2.75, 3.05) is 13.1 Å². The zero-order valence-electron chi connectivity index (χ0n) is 11.8. The Morgan fingerprint density at radius 3 is 2.50 bits per heavy atom. The van der Waals surface area contributed by atoms with E-state index in [2.05, 4.69) is 39.7 Å². The number of hydrogen-bond acceptors (Lipinski definition) is 4. The van der Waals surface area contributed by atoms with Crippen LogP contribution in [0, 0.1) is 0 Å². The van der Waals surface area contributed by atoms with Crippen LogP contribution in [0.25, 0.3) is 0 Å². The second-order valence-electron chi connectivity index (χ2n) is 5.62. The van der Waals surface area contributed by atoms with Crippen LogP contribution in [0.15, 0.2) is 0 Å². The van der Waals surface area contributed by atoms with E-state index in [1.807, 2.05) is 20.8 Å². The van der Waals surface area contributed by atoms with Crippen LogP contribution in [0.4, 0.5) is 0 Å². The van der Waals surface area contributed by atoms with Crippen molar-refractivity contribution < 1.29 is 4.79 Å². The van der Waals surface area contributed by atoms with Crippen LogP contribution >= 0.6 is 0 Å². The fourth-order valence-corrected chi connectivity index (χ4v) is 1.31. The summed E-state index contributed by atoms with van der Waals surface area (Å²) in [6, 6.07) is 0.415. The predicted octanol–water partition coefficient (Wildman–Crippen LogP) is 0.830. The number of hydrogen-bond donors (Lipinski definition) is 3. The van der Waals surface area contributed by atoms with Crippen molar-refractivity contribution in [2.24, 2.45) is 0 Å². The maximum Gasteiger partial charge on any atom is 0.291 e. The highest BCUT2D eigenvalue weighted by molar-refractivity contribution is 5.90. The molecule has 1 amide bonds. The molecule has 1 aromatic rings. The molecule has 0 aliphatic rings. The van der Waals surface area contributed by atoms with Crippen LogP contribution in [0.1, 0.15) is 51.1 Å². The Hall–Kier alpha value is -1.43. The maximum atomic E-state index is 11.7. The fraction of sp³-hybridized carbons (Fsp3) is 0.750. The molecule has 0 fully saturated rings. The largest absolute Gasteiger partial charge is 0.348 e. The number of amides is 1. The molecular weight excluding hydrogens is 230 g/mol. The average molecular weight is 253 g/mol. The number of aromatic nitrogens is 3. The van der Waals surface area contributed by atoms with Crippen LogP contribution in [-0.4, -0.2) is 40.2 Å². The lowest BCUT2D eigenvalue weighted by atomic mass is 9.96. The Balaban J connectivity index is 2.45. The van der Waals surface area contributed by atoms with Gasteiger partial charge >= 0.3 is 0 Å². The molecule has 0 atom stereocenters. The normalized spacial score (nSPS) is 11.9. The molecule has 0 radical (unpaired) electrons. The minimum Gasteiger partial charge on any atom is -0.348 e. The molecule has 1 heterocycles. The lowest BCUT2D eigenvalue weighted by molar-refractivity contribution is 0.0943. The molecular formula is C12H23N5O. The first-order valence-corrected chi connectivity index (χ1v) is 6.25. The number of carbonyl (C=O) groups excluding carboxylic acids is 1. The standard InChI is InChI=1S/C12H23N5O/c1-8(2)13-6-7-14-10(18)9-15-11(17-16-9)12(3,4)5/h8,13H,6-7H2,1-5H3,(H,14,18)(H,15,16,17). The highest BCUT2D eigenvalue weighted by Gasteiger charge is 2.20. The van der Waals surface area contributed by atoms with Crippen molar-refractivity contribution in [1.82, 2.24) is 25.8 Å². The van der Waals surface area contributed by atoms with E-state index in [0.717, 1.165) is 6.54 Å². The minimum atomic E-state index is -0.243. The van der Waals surface area contributed by atoms with Gasteiger partial charge in [-0.1, -0.05) is 34.6 Å². The van der Waals surface area contributed by atoms with Crippen molar-refractivity contribution in [3.05, 3.63) is 11.6 Å². The Labute approximate surface area is 108 Å². The van der Waals surface area contributed by atoms with Gasteiger partial charge < -0.3 is 10.6 Å². The molecule has 3 N–H and O–H groups in total. The van der Waals surface area contributed by atoms with Gasteiger partial charge in [-0.05, 0) is 0 Å². The molecule has 6 nitrogen and oxygen atoms in total. The second kappa shape index (κ2) is 5.95. The summed E-state index contributed by atoms with van der Waals surface area (Å²) in [5.74, 6) is 0.671. The summed E-state index contributed by atoms with van der Waals surface area (Å²) < 4.78 is 0. The minimum absolute atomic E-state index is 0.134. The van der Waals surface area contributed by atoms with Crippen molar-refractivity contribution in [3.63, 3.8) is 0 Å². The van der Waals surface area contributed by atoms with E-state index in [9.17, 15) is 4.79 Å². The quantitative estimate of drug-likeness (QED) is 0.679. The number of nitrogens with zero attached hydrogens (tertiary/aromatic N) is 2. The molecule has 0 bridgehead atoms. The van der Waals surface area contributed by atoms with E-state index in [4.69, 9.17) is 0 Å². The number of rotatable bonds is 5. The first-order valence-electron chi connectivity index (χ1n) is 6.25. The molecule has 0 saturated heterocycles. The number of aromatic amines is 1. The van der Waals surface area contributed by atoms with E-state index in [-0.39, 0.29) is 17.1 Å². The SMILES string of the molecule is CC(C)NCCNC(=O)c1n[nH]c(C(C)(C)C)n1. The smallest absolute Gasteiger partial charge is 0.291 e. The Morgan fingerprint density at radius 1 is 1.33 bits per heavy atom. The number of nitrogens with one attached hydrogen (secondary N) is 3. The molecule has 18 heavy (non-hydrogen) atoms. The summed E-state index contributed by atoms with van der Waals surface area (Å²) in [7, 11) is 0. The summed E-state index contributed by atoms with van der Waals surface area (Å²) >= 11 is 0. The highest BCUT2D eigenvalue weighted by Crippen LogP contribution is 2.17. The summed E-state index contributed by atoms with van der Waals surface area (Å²) in [6.45, 7) is 11.5. The van der Waals surface area contributed by atoms with Gasteiger partial charge in [-0.2, -0.15) is 0 Å². The van der Waals surface area contributed by atoms with Crippen LogP contribution in [0.3, 0.4) is 0 Å². The summed E-state index contributed by atoms with van der Waals surface area (Å²) in [4.78, 5) is 15.9. The first-order chi connectivity index (χ1) is 8.30. The Kier molecular flexibility index (Phi) is 4.84. The molecule has 102 valence electrons. The van der Waals surface area contributed by atoms with Crippen LogP contribution in [-0.2, 0) is 5.41 Å². The molecule has 1 aromatic heterocycles. The highest BCUT2D eigenvalue weighted by atomic mass is 16.2. The summed E-state index contributed by atoms with van der Waals surface area (Å²) in [6.07, 6.45) is 0. The number of H-pyrrole nitrogens is 1. The lowest BCUT2D eigenvalue weighted by Crippen LogP contribution is -2.35. The fourth-order valence-electron chi connectivity index (χ4n) is 1.31. The summed E-state index contributed by atoms with van der Waals surface area (Å²) in [5, 5.41) is 12.7. The van der Waals surface area contributed by atoms with Crippen molar-refractivity contribution >= 4 is 5.91 Å². The zero-order valence-corrected chi connectivity index (χ0v) is 11.8. The Bertz CT molecular complexity index is 391. The molecule has 0 aliphatic carbocycles. The Morgan fingerprint density at radius 2 is 2.00 bits per heavy atom. The molecule has 1 rings (SSSR count). The molecule has 0 aromatic carbocycles. The zero-order chi connectivity index (χ0) is 13.8. The van der Waals surface area contributed by atoms with Crippen molar-refractivity contribution in [2.45, 2.75) is 46.1 Å². The van der Waals surface area contributed by atoms with Gasteiger partial charge in [0, 0.05) is 24.5 Å². The van der Waals surface area contributed by atoms with Crippen LogP contribution in [0.5, 0.6) is 0 Å². The predicted molar refractivity (Wildman–Crippen MR) is 70.6 cm³/mol. The van der Waals surface area contributed by atoms with Gasteiger partial charge in [-0.25, -0.2) is 4.98 Å². The van der Waals surface area contributed by atoms with Crippen molar-refractivity contribution in [1.29, 1.82) is 0 Å². The molecule has 6 heteroatoms. The molecule has 0 saturated carbocycles. The van der Waals surface area contributed by atoms with E-state index in [0.29, 0.717) is 18.4 Å². The van der Waals surface area contributed by atoms with E-state index in [1.54, 1.807) is 0 Å². The monoisotopic (exact) mass is 253 g/mol. The van der Waals surface area contributed by atoms with Crippen LogP contribution < -0.4 is 10.6 Å². The first kappa shape index (κ1) is 14.6. The maximum absolute atomic E-state index is 11.7. The average Bonchev–Trinajstić information content (AvgIpc) is 2.72. The van der Waals surface area contributed by atoms with Gasteiger partial charge in [0.2, 0.25) is 5.82 Å². The second-order valence-corrected chi connectivity index (χ2v) is 5.62. The van der Waals surface area contributed by atoms with Gasteiger partial charge in [-0.3, -0.25) is 9.89 Å². The topological polar surface area (TPSA) is 82.7 Å². The van der Waals surface area contributed by atoms with Gasteiger partial charge in [0.05, 0.1) is 0 Å². The molecule has 0 unspecified atom stereocenters. The third kappa shape index (κ3) is 4.44. The van der Waals surface area contributed by atoms with Crippen LogP contribution in [0.2, 0.25) is 0 Å². The lowest BCUT2D eigenvalue weighted by Gasteiger charge is -2.12. The van der Waals surface area contributed by atoms with E-state index < -0.39 is 0 Å². The van der Waals surface area contributed by atoms with Gasteiger partial charge in [0.15, 0.2) is 0 Å². The van der Waals surface area contributed by atoms with E-state index >= 15 is 0 Å². The molecule has 0 aliphatic heterocycles. The van der Waals surface area contributed by atoms with E-state index in [1.165, 1.54) is 0 Å². The van der Waals surface area contributed by atoms with Crippen molar-refractivity contribution in [3.8, 4) is 0 Å². The molecule has 0 spiro atoms. The number of carbonyl (C=O) groups is 1. The summed E-state index contributed by atoms with van der Waals surface area (Å²) in [5.41, 5.74) is -0.134. The third-order valence-electron chi connectivity index (χ3n) is 2.36. The van der Waals surface area contributed by atoms with Gasteiger partial charge in [0.25, 0.3) is 5.91 Å². The third-order valence-corrected chi connectivity index (χ3v) is 2.36.